The Morgan fingerprint density at radius 2 is 2.00 bits per heavy atom. The van der Waals surface area contributed by atoms with Crippen LogP contribution in [-0.4, -0.2) is 25.3 Å². The van der Waals surface area contributed by atoms with Crippen LogP contribution in [0.3, 0.4) is 0 Å². The molecule has 0 fully saturated rings. The molecule has 1 aromatic carbocycles. The molecule has 0 N–H and O–H groups in total. The summed E-state index contributed by atoms with van der Waals surface area (Å²) in [6.07, 6.45) is 1.49. The van der Waals surface area contributed by atoms with Gasteiger partial charge in [-0.1, -0.05) is 6.07 Å². The van der Waals surface area contributed by atoms with Gasteiger partial charge in [0.15, 0.2) is 11.5 Å². The molecule has 0 aromatic heterocycles. The highest BCUT2D eigenvalue weighted by atomic mass is 16.5. The summed E-state index contributed by atoms with van der Waals surface area (Å²) in [5.41, 5.74) is 0.617. The van der Waals surface area contributed by atoms with E-state index in [0.29, 0.717) is 23.7 Å². The molecule has 0 saturated heterocycles. The molecule has 0 spiro atoms. The van der Waals surface area contributed by atoms with Crippen molar-refractivity contribution in [3.05, 3.63) is 29.3 Å². The van der Waals surface area contributed by atoms with Crippen LogP contribution in [0.25, 0.3) is 6.08 Å². The Morgan fingerprint density at radius 1 is 1.27 bits per heavy atom. The highest BCUT2D eigenvalue weighted by Gasteiger charge is 2.12. The van der Waals surface area contributed by atoms with Gasteiger partial charge >= 0.3 is 5.97 Å². The van der Waals surface area contributed by atoms with Gasteiger partial charge in [0.05, 0.1) is 19.3 Å². The van der Waals surface area contributed by atoms with Gasteiger partial charge in [0.2, 0.25) is 0 Å². The molecule has 0 heterocycles. The van der Waals surface area contributed by atoms with Crippen LogP contribution in [0, 0.1) is 11.3 Å². The third-order valence-corrected chi connectivity index (χ3v) is 2.56. The summed E-state index contributed by atoms with van der Waals surface area (Å²) in [6, 6.07) is 7.10. The Kier molecular flexibility index (Phi) is 6.97. The lowest BCUT2D eigenvalue weighted by atomic mass is 10.1. The average Bonchev–Trinajstić information content (AvgIpc) is 2.47. The van der Waals surface area contributed by atoms with E-state index < -0.39 is 5.97 Å². The third-order valence-electron chi connectivity index (χ3n) is 2.56. The van der Waals surface area contributed by atoms with Gasteiger partial charge in [0.1, 0.15) is 11.6 Å². The van der Waals surface area contributed by atoms with E-state index in [9.17, 15) is 4.79 Å². The number of carbonyl (C=O) groups excluding carboxylic acids is 1. The molecule has 0 atom stereocenters. The fraction of sp³-hybridized carbons (Fsp3) is 0.412. The van der Waals surface area contributed by atoms with Gasteiger partial charge < -0.3 is 14.2 Å². The quantitative estimate of drug-likeness (QED) is 0.439. The zero-order valence-electron chi connectivity index (χ0n) is 13.4. The monoisotopic (exact) mass is 303 g/mol. The molecule has 0 aliphatic rings. The number of esters is 1. The van der Waals surface area contributed by atoms with Crippen molar-refractivity contribution in [1.29, 1.82) is 5.26 Å². The highest BCUT2D eigenvalue weighted by molar-refractivity contribution is 5.97. The zero-order chi connectivity index (χ0) is 16.5. The minimum absolute atomic E-state index is 0.0230. The fourth-order valence-electron chi connectivity index (χ4n) is 1.75. The van der Waals surface area contributed by atoms with Crippen LogP contribution >= 0.6 is 0 Å². The van der Waals surface area contributed by atoms with E-state index in [1.54, 1.807) is 25.1 Å². The summed E-state index contributed by atoms with van der Waals surface area (Å²) < 4.78 is 16.1. The van der Waals surface area contributed by atoms with Crippen molar-refractivity contribution >= 4 is 12.0 Å². The molecule has 0 unspecified atom stereocenters. The molecule has 0 amide bonds. The lowest BCUT2D eigenvalue weighted by Crippen LogP contribution is -2.08. The molecule has 0 saturated carbocycles. The number of nitrogens with zero attached hydrogens (tertiary/aromatic N) is 1. The van der Waals surface area contributed by atoms with Gasteiger partial charge in [0.25, 0.3) is 0 Å². The first-order valence-electron chi connectivity index (χ1n) is 7.24. The van der Waals surface area contributed by atoms with Gasteiger partial charge in [0, 0.05) is 0 Å². The number of rotatable bonds is 7. The van der Waals surface area contributed by atoms with E-state index in [1.807, 2.05) is 26.8 Å². The van der Waals surface area contributed by atoms with Crippen molar-refractivity contribution in [3.8, 4) is 17.6 Å². The van der Waals surface area contributed by atoms with Crippen LogP contribution in [0.1, 0.15) is 33.3 Å². The Hall–Kier alpha value is -2.48. The SMILES string of the molecule is CCOC(=O)/C(C#N)=C/c1ccc(OC(C)C)c(OCC)c1. The Morgan fingerprint density at radius 3 is 2.55 bits per heavy atom. The minimum Gasteiger partial charge on any atom is -0.490 e. The van der Waals surface area contributed by atoms with Crippen molar-refractivity contribution in [1.82, 2.24) is 0 Å². The van der Waals surface area contributed by atoms with Gasteiger partial charge in [-0.15, -0.1) is 0 Å². The second-order valence-electron chi connectivity index (χ2n) is 4.70. The van der Waals surface area contributed by atoms with E-state index in [0.717, 1.165) is 0 Å². The molecular formula is C17H21NO4. The molecule has 1 aromatic rings. The smallest absolute Gasteiger partial charge is 0.348 e. The molecule has 1 rings (SSSR count). The summed E-state index contributed by atoms with van der Waals surface area (Å²) in [5.74, 6) is 0.570. The average molecular weight is 303 g/mol. The Balaban J connectivity index is 3.12. The van der Waals surface area contributed by atoms with Gasteiger partial charge in [-0.2, -0.15) is 5.26 Å². The van der Waals surface area contributed by atoms with Gasteiger partial charge in [-0.3, -0.25) is 0 Å². The number of ether oxygens (including phenoxy) is 3. The molecular weight excluding hydrogens is 282 g/mol. The molecule has 0 aliphatic heterocycles. The zero-order valence-corrected chi connectivity index (χ0v) is 13.4. The van der Waals surface area contributed by atoms with Crippen LogP contribution in [-0.2, 0) is 9.53 Å². The maximum Gasteiger partial charge on any atom is 0.348 e. The predicted molar refractivity (Wildman–Crippen MR) is 83.6 cm³/mol. The summed E-state index contributed by atoms with van der Waals surface area (Å²) >= 11 is 0. The fourth-order valence-corrected chi connectivity index (χ4v) is 1.75. The van der Waals surface area contributed by atoms with Gasteiger partial charge in [-0.25, -0.2) is 4.79 Å². The number of carbonyl (C=O) groups is 1. The minimum atomic E-state index is -0.634. The molecule has 22 heavy (non-hydrogen) atoms. The van der Waals surface area contributed by atoms with Crippen molar-refractivity contribution < 1.29 is 19.0 Å². The van der Waals surface area contributed by atoms with E-state index >= 15 is 0 Å². The third kappa shape index (κ3) is 5.13. The molecule has 5 heteroatoms. The van der Waals surface area contributed by atoms with Crippen molar-refractivity contribution in [2.24, 2.45) is 0 Å². The van der Waals surface area contributed by atoms with Crippen LogP contribution in [0.15, 0.2) is 23.8 Å². The number of hydrogen-bond acceptors (Lipinski definition) is 5. The second-order valence-corrected chi connectivity index (χ2v) is 4.70. The number of nitriles is 1. The second kappa shape index (κ2) is 8.73. The van der Waals surface area contributed by atoms with E-state index in [1.165, 1.54) is 6.08 Å². The van der Waals surface area contributed by atoms with Crippen LogP contribution in [0.4, 0.5) is 0 Å². The first-order chi connectivity index (χ1) is 10.5. The van der Waals surface area contributed by atoms with Crippen molar-refractivity contribution in [2.45, 2.75) is 33.8 Å². The maximum atomic E-state index is 11.6. The number of hydrogen-bond donors (Lipinski definition) is 0. The first kappa shape index (κ1) is 17.6. The normalized spacial score (nSPS) is 11.0. The molecule has 0 aliphatic carbocycles. The van der Waals surface area contributed by atoms with Crippen LogP contribution in [0.5, 0.6) is 11.5 Å². The van der Waals surface area contributed by atoms with E-state index in [4.69, 9.17) is 19.5 Å². The summed E-state index contributed by atoms with van der Waals surface area (Å²) in [6.45, 7) is 8.14. The number of benzene rings is 1. The molecule has 118 valence electrons. The lowest BCUT2D eigenvalue weighted by molar-refractivity contribution is -0.137. The molecule has 0 radical (unpaired) electrons. The maximum absolute atomic E-state index is 11.6. The Bertz CT molecular complexity index is 585. The largest absolute Gasteiger partial charge is 0.490 e. The lowest BCUT2D eigenvalue weighted by Gasteiger charge is -2.15. The van der Waals surface area contributed by atoms with E-state index in [2.05, 4.69) is 0 Å². The summed E-state index contributed by atoms with van der Waals surface area (Å²) in [7, 11) is 0. The van der Waals surface area contributed by atoms with Crippen LogP contribution < -0.4 is 9.47 Å². The topological polar surface area (TPSA) is 68.6 Å². The molecule has 5 nitrogen and oxygen atoms in total. The summed E-state index contributed by atoms with van der Waals surface area (Å²) in [5, 5.41) is 9.06. The van der Waals surface area contributed by atoms with Crippen molar-refractivity contribution in [2.75, 3.05) is 13.2 Å². The molecule has 0 bridgehead atoms. The van der Waals surface area contributed by atoms with Crippen LogP contribution in [0.2, 0.25) is 0 Å². The Labute approximate surface area is 131 Å². The van der Waals surface area contributed by atoms with E-state index in [-0.39, 0.29) is 18.3 Å². The summed E-state index contributed by atoms with van der Waals surface area (Å²) in [4.78, 5) is 11.6. The standard InChI is InChI=1S/C17H21NO4/c1-5-20-16-10-13(7-8-15(16)22-12(3)4)9-14(11-18)17(19)21-6-2/h7-10,12H,5-6H2,1-4H3/b14-9+. The van der Waals surface area contributed by atoms with Crippen molar-refractivity contribution in [3.63, 3.8) is 0 Å². The predicted octanol–water partition coefficient (Wildman–Crippen LogP) is 3.34. The highest BCUT2D eigenvalue weighted by Crippen LogP contribution is 2.30. The van der Waals surface area contributed by atoms with Gasteiger partial charge in [-0.05, 0) is 51.5 Å². The first-order valence-corrected chi connectivity index (χ1v) is 7.24.